The van der Waals surface area contributed by atoms with E-state index in [2.05, 4.69) is 21.2 Å². The maximum atomic E-state index is 13.7. The van der Waals surface area contributed by atoms with Gasteiger partial charge >= 0.3 is 0 Å². The first-order valence-electron chi connectivity index (χ1n) is 9.70. The van der Waals surface area contributed by atoms with E-state index in [1.165, 1.54) is 38.5 Å². The number of benzene rings is 3. The number of amides is 1. The molecule has 0 aromatic heterocycles. The number of halogens is 2. The Kier molecular flexibility index (Phi) is 9.89. The lowest BCUT2D eigenvalue weighted by molar-refractivity contribution is -0.500. The quantitative estimate of drug-likeness (QED) is 0.206. The van der Waals surface area contributed by atoms with Crippen LogP contribution in [0.5, 0.6) is 11.5 Å². The molecule has 0 aliphatic carbocycles. The molecular weight excluding hydrogens is 592 g/mol. The molecule has 3 aromatic rings. The first-order chi connectivity index (χ1) is 15.8. The summed E-state index contributed by atoms with van der Waals surface area (Å²) in [6.45, 7) is -0.529. The number of rotatable bonds is 9. The van der Waals surface area contributed by atoms with E-state index in [0.29, 0.717) is 15.9 Å². The predicted octanol–water partition coefficient (Wildman–Crippen LogP) is 0.466. The monoisotopic (exact) mass is 613 g/mol. The van der Waals surface area contributed by atoms with Crippen molar-refractivity contribution in [1.82, 2.24) is 0 Å². The second-order valence-corrected chi connectivity index (χ2v) is 9.44. The van der Waals surface area contributed by atoms with Crippen LogP contribution in [0.2, 0.25) is 0 Å². The molecule has 0 saturated heterocycles. The summed E-state index contributed by atoms with van der Waals surface area (Å²) >= 11 is 3.36. The number of carbonyl (C=O) groups excluding carboxylic acids is 1. The van der Waals surface area contributed by atoms with Gasteiger partial charge in [0, 0.05) is 10.5 Å². The first kappa shape index (κ1) is 27.6. The zero-order valence-electron chi connectivity index (χ0n) is 18.3. The number of anilines is 2. The van der Waals surface area contributed by atoms with Crippen LogP contribution in [0, 0.1) is 0 Å². The second-order valence-electron chi connectivity index (χ2n) is 6.76. The number of hydrogen-bond donors (Lipinski definition) is 2. The Morgan fingerprint density at radius 3 is 2.38 bits per heavy atom. The molecule has 0 heterocycles. The van der Waals surface area contributed by atoms with E-state index < -0.39 is 22.5 Å². The molecule has 0 atom stereocenters. The third kappa shape index (κ3) is 6.07. The lowest BCUT2D eigenvalue weighted by Gasteiger charge is -2.26. The number of sulfonamides is 1. The molecule has 0 unspecified atom stereocenters. The van der Waals surface area contributed by atoms with E-state index in [1.54, 1.807) is 42.5 Å². The van der Waals surface area contributed by atoms with Gasteiger partial charge < -0.3 is 43.0 Å². The number of hydrogen-bond acceptors (Lipinski definition) is 5. The van der Waals surface area contributed by atoms with Gasteiger partial charge in [0.25, 0.3) is 10.0 Å². The van der Waals surface area contributed by atoms with Crippen molar-refractivity contribution >= 4 is 48.9 Å². The summed E-state index contributed by atoms with van der Waals surface area (Å²) < 4.78 is 39.7. The summed E-state index contributed by atoms with van der Waals surface area (Å²) in [4.78, 5) is 12.9. The standard InChI is InChI=1S/C22H23BrN4O5S.BrH/c1-31-15-11-12-19(20(13-15)32-2)27(14-22(28)25-17-8-4-3-7-16(17)23)33(29,30)21-10-6-5-9-18(21)26-24;/h3-13,24H,14,26H2,1-2H3,(H,25,28);1H/p-1. The zero-order valence-corrected chi connectivity index (χ0v) is 22.3. The molecule has 4 N–H and O–H groups in total. The number of nitrogens with two attached hydrogens (primary N) is 1. The topological polar surface area (TPSA) is 125 Å². The minimum Gasteiger partial charge on any atom is -1.00 e. The minimum atomic E-state index is -4.26. The van der Waals surface area contributed by atoms with Crippen molar-refractivity contribution in [2.45, 2.75) is 4.90 Å². The van der Waals surface area contributed by atoms with Crippen molar-refractivity contribution in [3.05, 3.63) is 77.0 Å². The molecule has 182 valence electrons. The van der Waals surface area contributed by atoms with Crippen LogP contribution in [-0.2, 0) is 14.8 Å². The molecule has 0 spiro atoms. The molecule has 0 radical (unpaired) electrons. The number of nitrogens with zero attached hydrogens (tertiary/aromatic N) is 1. The van der Waals surface area contributed by atoms with Crippen LogP contribution >= 0.6 is 15.9 Å². The predicted molar refractivity (Wildman–Crippen MR) is 129 cm³/mol. The third-order valence-corrected chi connectivity index (χ3v) is 7.26. The summed E-state index contributed by atoms with van der Waals surface area (Å²) in [6, 6.07) is 17.7. The largest absolute Gasteiger partial charge is 1.00 e. The van der Waals surface area contributed by atoms with Gasteiger partial charge in [0.2, 0.25) is 5.91 Å². The normalized spacial score (nSPS) is 10.7. The van der Waals surface area contributed by atoms with Gasteiger partial charge in [-0.2, -0.15) is 0 Å². The summed E-state index contributed by atoms with van der Waals surface area (Å²) in [5.41, 5.74) is 1.81. The van der Waals surface area contributed by atoms with Crippen molar-refractivity contribution in [3.63, 3.8) is 0 Å². The fraction of sp³-hybridized carbons (Fsp3) is 0.136. The number of para-hydroxylation sites is 2. The van der Waals surface area contributed by atoms with Crippen LogP contribution in [-0.4, -0.2) is 35.1 Å². The first-order valence-corrected chi connectivity index (χ1v) is 11.9. The highest BCUT2D eigenvalue weighted by molar-refractivity contribution is 9.10. The Morgan fingerprint density at radius 2 is 1.74 bits per heavy atom. The summed E-state index contributed by atoms with van der Waals surface area (Å²) in [5.74, 6) is 7.73. The summed E-state index contributed by atoms with van der Waals surface area (Å²) in [6.07, 6.45) is 0. The zero-order chi connectivity index (χ0) is 24.0. The number of methoxy groups -OCH3 is 2. The minimum absolute atomic E-state index is 0. The molecule has 12 heteroatoms. The van der Waals surface area contributed by atoms with Crippen molar-refractivity contribution in [2.24, 2.45) is 0 Å². The highest BCUT2D eigenvalue weighted by Crippen LogP contribution is 2.36. The summed E-state index contributed by atoms with van der Waals surface area (Å²) in [5, 5.41) is 2.72. The third-order valence-electron chi connectivity index (χ3n) is 4.73. The number of ether oxygens (including phenoxy) is 2. The fourth-order valence-corrected chi connectivity index (χ4v) is 5.12. The smallest absolute Gasteiger partial charge is 0.270 e. The van der Waals surface area contributed by atoms with Gasteiger partial charge in [0.1, 0.15) is 28.6 Å². The van der Waals surface area contributed by atoms with Crippen molar-refractivity contribution in [1.29, 1.82) is 0 Å². The SMILES string of the molecule is COc1ccc(N(CC(=O)Nc2ccccc2Br)S(=O)(=O)c2ccccc2[NH2+][NH-])c(OC)c1.[Br-]. The van der Waals surface area contributed by atoms with Gasteiger partial charge in [-0.25, -0.2) is 8.42 Å². The van der Waals surface area contributed by atoms with Gasteiger partial charge in [-0.3, -0.25) is 9.10 Å². The molecule has 0 bridgehead atoms. The molecule has 34 heavy (non-hydrogen) atoms. The van der Waals surface area contributed by atoms with Crippen LogP contribution in [0.3, 0.4) is 0 Å². The Morgan fingerprint density at radius 1 is 1.06 bits per heavy atom. The van der Waals surface area contributed by atoms with E-state index in [4.69, 9.17) is 15.3 Å². The van der Waals surface area contributed by atoms with Crippen LogP contribution in [0.15, 0.2) is 76.1 Å². The number of nitrogens with one attached hydrogen (secondary N) is 2. The van der Waals surface area contributed by atoms with E-state index in [1.807, 2.05) is 0 Å². The maximum Gasteiger partial charge on any atom is 0.270 e. The van der Waals surface area contributed by atoms with Gasteiger partial charge in [-0.1, -0.05) is 24.3 Å². The van der Waals surface area contributed by atoms with Crippen LogP contribution in [0.1, 0.15) is 0 Å². The van der Waals surface area contributed by atoms with E-state index >= 15 is 0 Å². The van der Waals surface area contributed by atoms with Crippen LogP contribution < -0.4 is 41.5 Å². The molecule has 0 aliphatic heterocycles. The average Bonchev–Trinajstić information content (AvgIpc) is 2.83. The lowest BCUT2D eigenvalue weighted by Crippen LogP contribution is -3.00. The van der Waals surface area contributed by atoms with Gasteiger partial charge in [-0.15, -0.1) is 0 Å². The number of quaternary nitrogens is 1. The number of carbonyl (C=O) groups is 1. The molecule has 3 rings (SSSR count). The molecular formula is C22H23Br2N4O5S-. The van der Waals surface area contributed by atoms with Crippen LogP contribution in [0.25, 0.3) is 5.84 Å². The van der Waals surface area contributed by atoms with Gasteiger partial charge in [-0.05, 0) is 52.3 Å². The molecule has 3 aromatic carbocycles. The van der Waals surface area contributed by atoms with Crippen molar-refractivity contribution < 1.29 is 45.1 Å². The van der Waals surface area contributed by atoms with Gasteiger partial charge in [0.15, 0.2) is 0 Å². The Labute approximate surface area is 217 Å². The fourth-order valence-electron chi connectivity index (χ4n) is 3.13. The Hall–Kier alpha value is -2.64. The van der Waals surface area contributed by atoms with Crippen molar-refractivity contribution in [3.8, 4) is 11.5 Å². The second kappa shape index (κ2) is 12.2. The average molecular weight is 615 g/mol. The van der Waals surface area contributed by atoms with Crippen LogP contribution in [0.4, 0.5) is 17.1 Å². The van der Waals surface area contributed by atoms with E-state index in [9.17, 15) is 13.2 Å². The molecule has 0 fully saturated rings. The Bertz CT molecular complexity index is 1260. The lowest BCUT2D eigenvalue weighted by atomic mass is 10.2. The molecule has 0 aliphatic rings. The van der Waals surface area contributed by atoms with Crippen molar-refractivity contribution in [2.75, 3.05) is 30.4 Å². The highest BCUT2D eigenvalue weighted by Gasteiger charge is 2.32. The maximum absolute atomic E-state index is 13.7. The van der Waals surface area contributed by atoms with E-state index in [0.717, 1.165) is 9.73 Å². The van der Waals surface area contributed by atoms with E-state index in [-0.39, 0.29) is 39.0 Å². The highest BCUT2D eigenvalue weighted by atomic mass is 79.9. The molecule has 9 nitrogen and oxygen atoms in total. The summed E-state index contributed by atoms with van der Waals surface area (Å²) in [7, 11) is -1.38. The molecule has 1 amide bonds. The molecule has 0 saturated carbocycles. The van der Waals surface area contributed by atoms with Gasteiger partial charge in [0.05, 0.1) is 25.6 Å². The Balaban J connectivity index is 0.00000408.